The van der Waals surface area contributed by atoms with E-state index in [-0.39, 0.29) is 5.12 Å². The average Bonchev–Trinajstić information content (AvgIpc) is 2.11. The van der Waals surface area contributed by atoms with Gasteiger partial charge >= 0.3 is 0 Å². The highest BCUT2D eigenvalue weighted by atomic mass is 32.2. The van der Waals surface area contributed by atoms with Crippen LogP contribution in [0.1, 0.15) is 39.5 Å². The van der Waals surface area contributed by atoms with Gasteiger partial charge in [0.25, 0.3) is 0 Å². The van der Waals surface area contributed by atoms with Gasteiger partial charge in [-0.1, -0.05) is 25.6 Å². The first-order valence-electron chi connectivity index (χ1n) is 4.50. The minimum Gasteiger partial charge on any atom is -0.287 e. The van der Waals surface area contributed by atoms with Crippen LogP contribution in [-0.2, 0) is 4.79 Å². The third kappa shape index (κ3) is 6.65. The second-order valence-corrected chi connectivity index (χ2v) is 3.87. The largest absolute Gasteiger partial charge is 0.287 e. The van der Waals surface area contributed by atoms with E-state index in [0.717, 1.165) is 12.2 Å². The summed E-state index contributed by atoms with van der Waals surface area (Å²) < 4.78 is 12.6. The van der Waals surface area contributed by atoms with Crippen molar-refractivity contribution in [3.8, 4) is 0 Å². The molecule has 0 aliphatic rings. The fourth-order valence-corrected chi connectivity index (χ4v) is 1.54. The Hall–Kier alpha value is -0.0500. The minimum atomic E-state index is -0.678. The van der Waals surface area contributed by atoms with Gasteiger partial charge < -0.3 is 0 Å². The van der Waals surface area contributed by atoms with E-state index in [9.17, 15) is 9.18 Å². The van der Waals surface area contributed by atoms with Crippen molar-refractivity contribution in [2.75, 3.05) is 5.75 Å². The fourth-order valence-electron chi connectivity index (χ4n) is 0.797. The predicted octanol–water partition coefficient (Wildman–Crippen LogP) is 3.18. The third-order valence-electron chi connectivity index (χ3n) is 1.66. The lowest BCUT2D eigenvalue weighted by atomic mass is 10.2. The Kier molecular flexibility index (Phi) is 7.56. The average molecular weight is 192 g/mol. The van der Waals surface area contributed by atoms with Crippen LogP contribution < -0.4 is 0 Å². The Morgan fingerprint density at radius 1 is 1.50 bits per heavy atom. The third-order valence-corrected chi connectivity index (χ3v) is 2.76. The lowest BCUT2D eigenvalue weighted by Gasteiger charge is -2.03. The zero-order chi connectivity index (χ0) is 9.40. The van der Waals surface area contributed by atoms with Gasteiger partial charge in [0.1, 0.15) is 0 Å². The zero-order valence-electron chi connectivity index (χ0n) is 7.81. The first-order valence-corrected chi connectivity index (χ1v) is 5.49. The topological polar surface area (TPSA) is 17.1 Å². The SMILES string of the molecule is CCC(=O)SCCCC(F)CC. The van der Waals surface area contributed by atoms with Crippen molar-refractivity contribution in [2.24, 2.45) is 0 Å². The van der Waals surface area contributed by atoms with Crippen molar-refractivity contribution in [3.05, 3.63) is 0 Å². The van der Waals surface area contributed by atoms with Crippen LogP contribution in [0.5, 0.6) is 0 Å². The van der Waals surface area contributed by atoms with E-state index in [0.29, 0.717) is 19.3 Å². The fraction of sp³-hybridized carbons (Fsp3) is 0.889. The first-order chi connectivity index (χ1) is 5.70. The normalized spacial score (nSPS) is 12.9. The lowest BCUT2D eigenvalue weighted by Crippen LogP contribution is -1.99. The molecule has 0 saturated heterocycles. The number of thioether (sulfide) groups is 1. The Labute approximate surface area is 78.1 Å². The molecule has 0 N–H and O–H groups in total. The number of halogens is 1. The number of hydrogen-bond acceptors (Lipinski definition) is 2. The second kappa shape index (κ2) is 7.59. The highest BCUT2D eigenvalue weighted by Gasteiger charge is 2.03. The van der Waals surface area contributed by atoms with E-state index < -0.39 is 6.17 Å². The highest BCUT2D eigenvalue weighted by molar-refractivity contribution is 8.13. The predicted molar refractivity (Wildman–Crippen MR) is 52.2 cm³/mol. The van der Waals surface area contributed by atoms with Crippen LogP contribution in [0.25, 0.3) is 0 Å². The van der Waals surface area contributed by atoms with E-state index >= 15 is 0 Å². The number of alkyl halides is 1. The van der Waals surface area contributed by atoms with Gasteiger partial charge in [0.2, 0.25) is 0 Å². The van der Waals surface area contributed by atoms with Gasteiger partial charge in [-0.25, -0.2) is 4.39 Å². The molecule has 3 heteroatoms. The monoisotopic (exact) mass is 192 g/mol. The Balaban J connectivity index is 3.15. The van der Waals surface area contributed by atoms with Crippen LogP contribution in [0.3, 0.4) is 0 Å². The summed E-state index contributed by atoms with van der Waals surface area (Å²) in [6.07, 6.45) is 1.90. The van der Waals surface area contributed by atoms with Gasteiger partial charge in [0.05, 0.1) is 6.17 Å². The molecule has 1 nitrogen and oxygen atoms in total. The summed E-state index contributed by atoms with van der Waals surface area (Å²) in [5.41, 5.74) is 0. The summed E-state index contributed by atoms with van der Waals surface area (Å²) in [4.78, 5) is 10.8. The molecule has 0 aliphatic carbocycles. The maximum atomic E-state index is 12.6. The number of hydrogen-bond donors (Lipinski definition) is 0. The van der Waals surface area contributed by atoms with Gasteiger partial charge in [-0.3, -0.25) is 4.79 Å². The number of carbonyl (C=O) groups excluding carboxylic acids is 1. The van der Waals surface area contributed by atoms with Crippen molar-refractivity contribution in [1.82, 2.24) is 0 Å². The molecule has 0 heterocycles. The Morgan fingerprint density at radius 3 is 2.67 bits per heavy atom. The molecule has 0 aromatic rings. The molecule has 0 saturated carbocycles. The molecule has 0 radical (unpaired) electrons. The Bertz CT molecular complexity index is 128. The van der Waals surface area contributed by atoms with Gasteiger partial charge in [-0.2, -0.15) is 0 Å². The maximum Gasteiger partial charge on any atom is 0.188 e. The summed E-state index contributed by atoms with van der Waals surface area (Å²) in [5, 5.41) is 0.210. The van der Waals surface area contributed by atoms with E-state index in [1.54, 1.807) is 0 Å². The van der Waals surface area contributed by atoms with Crippen molar-refractivity contribution in [1.29, 1.82) is 0 Å². The maximum absolute atomic E-state index is 12.6. The molecule has 0 spiro atoms. The quantitative estimate of drug-likeness (QED) is 0.601. The van der Waals surface area contributed by atoms with Crippen LogP contribution in [0.4, 0.5) is 4.39 Å². The van der Waals surface area contributed by atoms with Crippen LogP contribution in [0.2, 0.25) is 0 Å². The minimum absolute atomic E-state index is 0.210. The van der Waals surface area contributed by atoms with Gasteiger partial charge in [-0.15, -0.1) is 0 Å². The Morgan fingerprint density at radius 2 is 2.17 bits per heavy atom. The highest BCUT2D eigenvalue weighted by Crippen LogP contribution is 2.12. The molecule has 1 unspecified atom stereocenters. The molecule has 0 aromatic heterocycles. The summed E-state index contributed by atoms with van der Waals surface area (Å²) in [5.74, 6) is 0.771. The zero-order valence-corrected chi connectivity index (χ0v) is 8.62. The molecule has 12 heavy (non-hydrogen) atoms. The van der Waals surface area contributed by atoms with Crippen LogP contribution in [0.15, 0.2) is 0 Å². The first kappa shape index (κ1) is 11.9. The standard InChI is InChI=1S/C9H17FOS/c1-3-8(10)6-5-7-12-9(11)4-2/h8H,3-7H2,1-2H3. The van der Waals surface area contributed by atoms with E-state index in [1.807, 2.05) is 13.8 Å². The molecule has 0 rings (SSSR count). The summed E-state index contributed by atoms with van der Waals surface area (Å²) in [6.45, 7) is 3.69. The van der Waals surface area contributed by atoms with Crippen molar-refractivity contribution < 1.29 is 9.18 Å². The van der Waals surface area contributed by atoms with Crippen LogP contribution >= 0.6 is 11.8 Å². The van der Waals surface area contributed by atoms with Gasteiger partial charge in [0, 0.05) is 12.2 Å². The van der Waals surface area contributed by atoms with E-state index in [1.165, 1.54) is 11.8 Å². The van der Waals surface area contributed by atoms with Gasteiger partial charge in [-0.05, 0) is 19.3 Å². The smallest absolute Gasteiger partial charge is 0.188 e. The van der Waals surface area contributed by atoms with Crippen LogP contribution in [0, 0.1) is 0 Å². The van der Waals surface area contributed by atoms with Crippen molar-refractivity contribution in [3.63, 3.8) is 0 Å². The number of carbonyl (C=O) groups is 1. The molecule has 0 aromatic carbocycles. The van der Waals surface area contributed by atoms with Crippen molar-refractivity contribution >= 4 is 16.9 Å². The molecular weight excluding hydrogens is 175 g/mol. The molecule has 0 amide bonds. The summed E-state index contributed by atoms with van der Waals surface area (Å²) in [6, 6.07) is 0. The summed E-state index contributed by atoms with van der Waals surface area (Å²) in [7, 11) is 0. The van der Waals surface area contributed by atoms with E-state index in [4.69, 9.17) is 0 Å². The summed E-state index contributed by atoms with van der Waals surface area (Å²) >= 11 is 1.32. The molecule has 0 fully saturated rings. The second-order valence-electron chi connectivity index (χ2n) is 2.72. The lowest BCUT2D eigenvalue weighted by molar-refractivity contribution is -0.110. The molecule has 72 valence electrons. The number of rotatable bonds is 6. The van der Waals surface area contributed by atoms with Crippen molar-refractivity contribution in [2.45, 2.75) is 45.7 Å². The van der Waals surface area contributed by atoms with Gasteiger partial charge in [0.15, 0.2) is 5.12 Å². The molecular formula is C9H17FOS. The molecule has 0 aliphatic heterocycles. The van der Waals surface area contributed by atoms with Crippen LogP contribution in [-0.4, -0.2) is 17.0 Å². The molecule has 0 bridgehead atoms. The van der Waals surface area contributed by atoms with E-state index in [2.05, 4.69) is 0 Å². The molecule has 1 atom stereocenters.